The van der Waals surface area contributed by atoms with Crippen LogP contribution >= 0.6 is 11.6 Å². The SMILES string of the molecule is CC(C)(C)OC(=O)NCCCNC(=O)c1nc(Cl)ccc1F. The van der Waals surface area contributed by atoms with E-state index in [1.165, 1.54) is 6.07 Å². The smallest absolute Gasteiger partial charge is 0.407 e. The predicted molar refractivity (Wildman–Crippen MR) is 80.4 cm³/mol. The molecule has 0 aliphatic carbocycles. The van der Waals surface area contributed by atoms with Gasteiger partial charge in [0.1, 0.15) is 10.8 Å². The van der Waals surface area contributed by atoms with Gasteiger partial charge >= 0.3 is 6.09 Å². The third kappa shape index (κ3) is 6.71. The molecule has 2 amide bonds. The van der Waals surface area contributed by atoms with Crippen molar-refractivity contribution in [1.29, 1.82) is 0 Å². The van der Waals surface area contributed by atoms with Crippen LogP contribution in [0.4, 0.5) is 9.18 Å². The molecule has 6 nitrogen and oxygen atoms in total. The third-order valence-electron chi connectivity index (χ3n) is 2.33. The molecule has 0 aliphatic rings. The number of alkyl carbamates (subject to hydrolysis) is 1. The van der Waals surface area contributed by atoms with Gasteiger partial charge in [-0.2, -0.15) is 0 Å². The summed E-state index contributed by atoms with van der Waals surface area (Å²) in [5, 5.41) is 5.09. The molecule has 1 heterocycles. The van der Waals surface area contributed by atoms with Gasteiger partial charge < -0.3 is 15.4 Å². The zero-order valence-corrected chi connectivity index (χ0v) is 13.5. The highest BCUT2D eigenvalue weighted by atomic mass is 35.5. The molecular weight excluding hydrogens is 313 g/mol. The predicted octanol–water partition coefficient (Wildman–Crippen LogP) is 2.52. The molecule has 0 fully saturated rings. The second-order valence-corrected chi connectivity index (χ2v) is 5.89. The van der Waals surface area contributed by atoms with E-state index in [4.69, 9.17) is 16.3 Å². The zero-order valence-electron chi connectivity index (χ0n) is 12.7. The lowest BCUT2D eigenvalue weighted by Gasteiger charge is -2.19. The van der Waals surface area contributed by atoms with Gasteiger partial charge in [0.25, 0.3) is 5.91 Å². The van der Waals surface area contributed by atoms with Crippen molar-refractivity contribution in [3.63, 3.8) is 0 Å². The van der Waals surface area contributed by atoms with E-state index in [-0.39, 0.29) is 17.4 Å². The molecule has 0 unspecified atom stereocenters. The maximum Gasteiger partial charge on any atom is 0.407 e. The first-order valence-electron chi connectivity index (χ1n) is 6.76. The van der Waals surface area contributed by atoms with Gasteiger partial charge in [0.15, 0.2) is 11.5 Å². The Morgan fingerprint density at radius 3 is 2.55 bits per heavy atom. The molecule has 0 radical (unpaired) electrons. The summed E-state index contributed by atoms with van der Waals surface area (Å²) in [4.78, 5) is 26.7. The average molecular weight is 332 g/mol. The molecule has 22 heavy (non-hydrogen) atoms. The number of pyridine rings is 1. The van der Waals surface area contributed by atoms with Crippen molar-refractivity contribution in [2.24, 2.45) is 0 Å². The number of carbonyl (C=O) groups excluding carboxylic acids is 2. The first-order chi connectivity index (χ1) is 10.2. The van der Waals surface area contributed by atoms with Crippen LogP contribution in [0.2, 0.25) is 5.15 Å². The fourth-order valence-corrected chi connectivity index (χ4v) is 1.60. The van der Waals surface area contributed by atoms with Gasteiger partial charge in [-0.25, -0.2) is 14.2 Å². The van der Waals surface area contributed by atoms with E-state index in [1.807, 2.05) is 0 Å². The summed E-state index contributed by atoms with van der Waals surface area (Å²) in [6, 6.07) is 2.34. The lowest BCUT2D eigenvalue weighted by atomic mass is 10.2. The standard InChI is InChI=1S/C14H19ClFN3O3/c1-14(2,3)22-13(21)18-8-4-7-17-12(20)11-9(16)5-6-10(15)19-11/h5-6H,4,7-8H2,1-3H3,(H,17,20)(H,18,21). The van der Waals surface area contributed by atoms with Crippen LogP contribution in [0.1, 0.15) is 37.7 Å². The molecule has 2 N–H and O–H groups in total. The van der Waals surface area contributed by atoms with E-state index in [0.29, 0.717) is 13.0 Å². The zero-order chi connectivity index (χ0) is 16.8. The fraction of sp³-hybridized carbons (Fsp3) is 0.500. The van der Waals surface area contributed by atoms with Crippen molar-refractivity contribution in [2.45, 2.75) is 32.8 Å². The highest BCUT2D eigenvalue weighted by Gasteiger charge is 2.16. The van der Waals surface area contributed by atoms with Crippen LogP contribution in [0.25, 0.3) is 0 Å². The Kier molecular flexibility index (Phi) is 6.55. The Morgan fingerprint density at radius 1 is 1.27 bits per heavy atom. The Balaban J connectivity index is 2.29. The number of carbonyl (C=O) groups is 2. The van der Waals surface area contributed by atoms with Gasteiger partial charge in [-0.3, -0.25) is 4.79 Å². The van der Waals surface area contributed by atoms with E-state index in [1.54, 1.807) is 20.8 Å². The number of hydrogen-bond donors (Lipinski definition) is 2. The number of nitrogens with zero attached hydrogens (tertiary/aromatic N) is 1. The van der Waals surface area contributed by atoms with Gasteiger partial charge in [0, 0.05) is 13.1 Å². The van der Waals surface area contributed by atoms with Gasteiger partial charge in [-0.1, -0.05) is 11.6 Å². The monoisotopic (exact) mass is 331 g/mol. The molecule has 0 aliphatic heterocycles. The first-order valence-corrected chi connectivity index (χ1v) is 7.14. The number of amides is 2. The molecule has 8 heteroatoms. The normalized spacial score (nSPS) is 11.0. The lowest BCUT2D eigenvalue weighted by Crippen LogP contribution is -2.34. The number of nitrogens with one attached hydrogen (secondary N) is 2. The average Bonchev–Trinajstić information content (AvgIpc) is 2.38. The van der Waals surface area contributed by atoms with Gasteiger partial charge in [0.05, 0.1) is 0 Å². The third-order valence-corrected chi connectivity index (χ3v) is 2.54. The minimum absolute atomic E-state index is 0.0399. The van der Waals surface area contributed by atoms with Crippen LogP contribution in [0.15, 0.2) is 12.1 Å². The Morgan fingerprint density at radius 2 is 1.91 bits per heavy atom. The van der Waals surface area contributed by atoms with Gasteiger partial charge in [-0.15, -0.1) is 0 Å². The van der Waals surface area contributed by atoms with Crippen LogP contribution in [0.5, 0.6) is 0 Å². The van der Waals surface area contributed by atoms with E-state index in [9.17, 15) is 14.0 Å². The van der Waals surface area contributed by atoms with Crippen molar-refractivity contribution in [3.8, 4) is 0 Å². The van der Waals surface area contributed by atoms with Crippen molar-refractivity contribution in [1.82, 2.24) is 15.6 Å². The molecule has 1 rings (SSSR count). The van der Waals surface area contributed by atoms with Gasteiger partial charge in [-0.05, 0) is 39.3 Å². The molecule has 1 aromatic rings. The van der Waals surface area contributed by atoms with E-state index < -0.39 is 23.4 Å². The largest absolute Gasteiger partial charge is 0.444 e. The molecular formula is C14H19ClFN3O3. The summed E-state index contributed by atoms with van der Waals surface area (Å²) in [5.74, 6) is -1.40. The number of aromatic nitrogens is 1. The van der Waals surface area contributed by atoms with E-state index in [2.05, 4.69) is 15.6 Å². The lowest BCUT2D eigenvalue weighted by molar-refractivity contribution is 0.0527. The van der Waals surface area contributed by atoms with Crippen molar-refractivity contribution < 1.29 is 18.7 Å². The molecule has 0 bridgehead atoms. The summed E-state index contributed by atoms with van der Waals surface area (Å²) in [6.45, 7) is 5.86. The number of rotatable bonds is 5. The summed E-state index contributed by atoms with van der Waals surface area (Å²) in [5.41, 5.74) is -0.916. The summed E-state index contributed by atoms with van der Waals surface area (Å²) in [7, 11) is 0. The molecule has 0 aromatic carbocycles. The Hall–Kier alpha value is -1.89. The Labute approximate surface area is 133 Å². The molecule has 1 aromatic heterocycles. The number of ether oxygens (including phenoxy) is 1. The second kappa shape index (κ2) is 7.93. The highest BCUT2D eigenvalue weighted by molar-refractivity contribution is 6.29. The van der Waals surface area contributed by atoms with Crippen LogP contribution in [-0.2, 0) is 4.74 Å². The van der Waals surface area contributed by atoms with Gasteiger partial charge in [0.2, 0.25) is 0 Å². The van der Waals surface area contributed by atoms with Crippen LogP contribution in [0.3, 0.4) is 0 Å². The molecule has 0 saturated heterocycles. The molecule has 0 spiro atoms. The summed E-state index contributed by atoms with van der Waals surface area (Å²) < 4.78 is 18.5. The topological polar surface area (TPSA) is 80.3 Å². The number of hydrogen-bond acceptors (Lipinski definition) is 4. The summed E-state index contributed by atoms with van der Waals surface area (Å²) >= 11 is 5.61. The first kappa shape index (κ1) is 18.2. The maximum atomic E-state index is 13.4. The van der Waals surface area contributed by atoms with Crippen molar-refractivity contribution >= 4 is 23.6 Å². The van der Waals surface area contributed by atoms with Crippen LogP contribution < -0.4 is 10.6 Å². The van der Waals surface area contributed by atoms with E-state index in [0.717, 1.165) is 6.07 Å². The van der Waals surface area contributed by atoms with Crippen molar-refractivity contribution in [2.75, 3.05) is 13.1 Å². The summed E-state index contributed by atoms with van der Waals surface area (Å²) in [6.07, 6.45) is -0.0611. The molecule has 122 valence electrons. The van der Waals surface area contributed by atoms with Crippen LogP contribution in [-0.4, -0.2) is 35.7 Å². The maximum absolute atomic E-state index is 13.4. The van der Waals surface area contributed by atoms with E-state index >= 15 is 0 Å². The molecule has 0 atom stereocenters. The van der Waals surface area contributed by atoms with Crippen LogP contribution in [0, 0.1) is 5.82 Å². The highest BCUT2D eigenvalue weighted by Crippen LogP contribution is 2.10. The number of halogens is 2. The quantitative estimate of drug-likeness (QED) is 0.641. The Bertz CT molecular complexity index is 547. The minimum Gasteiger partial charge on any atom is -0.444 e. The fourth-order valence-electron chi connectivity index (χ4n) is 1.46. The second-order valence-electron chi connectivity index (χ2n) is 5.50. The molecule has 0 saturated carbocycles. The minimum atomic E-state index is -0.742. The van der Waals surface area contributed by atoms with Crippen molar-refractivity contribution in [3.05, 3.63) is 28.8 Å².